The van der Waals surface area contributed by atoms with Gasteiger partial charge in [-0.3, -0.25) is 0 Å². The second-order valence-corrected chi connectivity index (χ2v) is 5.83. The van der Waals surface area contributed by atoms with Crippen molar-refractivity contribution in [3.05, 3.63) is 35.9 Å². The molecule has 106 valence electrons. The summed E-state index contributed by atoms with van der Waals surface area (Å²) in [6, 6.07) is 10.3. The van der Waals surface area contributed by atoms with Gasteiger partial charge in [0.2, 0.25) is 0 Å². The first-order valence-corrected chi connectivity index (χ1v) is 7.99. The maximum atomic E-state index is 9.88. The smallest absolute Gasteiger partial charge is 0.0864 e. The SMILES string of the molecule is OC(COC1CCOCC1)CSCc1ccccc1. The predicted octanol–water partition coefficient (Wildman–Crippen LogP) is 2.48. The molecule has 1 heterocycles. The van der Waals surface area contributed by atoms with Gasteiger partial charge in [0.15, 0.2) is 0 Å². The first kappa shape index (κ1) is 14.9. The summed E-state index contributed by atoms with van der Waals surface area (Å²) in [5.41, 5.74) is 1.30. The summed E-state index contributed by atoms with van der Waals surface area (Å²) >= 11 is 1.75. The lowest BCUT2D eigenvalue weighted by Crippen LogP contribution is -2.28. The Morgan fingerprint density at radius 3 is 2.74 bits per heavy atom. The second-order valence-electron chi connectivity index (χ2n) is 4.80. The van der Waals surface area contributed by atoms with E-state index in [1.165, 1.54) is 5.56 Å². The zero-order valence-electron chi connectivity index (χ0n) is 11.2. The summed E-state index contributed by atoms with van der Waals surface area (Å²) in [6.45, 7) is 2.00. The number of benzene rings is 1. The van der Waals surface area contributed by atoms with Crippen molar-refractivity contribution in [3.8, 4) is 0 Å². The first-order valence-electron chi connectivity index (χ1n) is 6.83. The molecule has 0 saturated carbocycles. The van der Waals surface area contributed by atoms with Crippen molar-refractivity contribution in [1.82, 2.24) is 0 Å². The van der Waals surface area contributed by atoms with Crippen LogP contribution in [0.25, 0.3) is 0 Å². The van der Waals surface area contributed by atoms with Crippen molar-refractivity contribution in [2.24, 2.45) is 0 Å². The van der Waals surface area contributed by atoms with Crippen LogP contribution in [0.3, 0.4) is 0 Å². The van der Waals surface area contributed by atoms with E-state index in [9.17, 15) is 5.11 Å². The van der Waals surface area contributed by atoms with Crippen LogP contribution in [-0.2, 0) is 15.2 Å². The summed E-state index contributed by atoms with van der Waals surface area (Å²) < 4.78 is 11.0. The van der Waals surface area contributed by atoms with Crippen molar-refractivity contribution < 1.29 is 14.6 Å². The first-order chi connectivity index (χ1) is 9.34. The molecule has 0 aromatic heterocycles. The fourth-order valence-corrected chi connectivity index (χ4v) is 2.94. The van der Waals surface area contributed by atoms with Gasteiger partial charge in [-0.2, -0.15) is 11.8 Å². The number of aliphatic hydroxyl groups excluding tert-OH is 1. The molecule has 1 aromatic rings. The Labute approximate surface area is 119 Å². The average Bonchev–Trinajstić information content (AvgIpc) is 2.47. The Kier molecular flexibility index (Phi) is 6.71. The zero-order chi connectivity index (χ0) is 13.3. The standard InChI is InChI=1S/C15H22O3S/c16-14(10-18-15-6-8-17-9-7-15)12-19-11-13-4-2-1-3-5-13/h1-5,14-16H,6-12H2. The molecule has 0 aliphatic carbocycles. The Morgan fingerprint density at radius 1 is 1.26 bits per heavy atom. The van der Waals surface area contributed by atoms with Crippen molar-refractivity contribution in [1.29, 1.82) is 0 Å². The van der Waals surface area contributed by atoms with Gasteiger partial charge in [0.1, 0.15) is 0 Å². The summed E-state index contributed by atoms with van der Waals surface area (Å²) in [7, 11) is 0. The van der Waals surface area contributed by atoms with E-state index < -0.39 is 0 Å². The molecule has 1 fully saturated rings. The number of ether oxygens (including phenoxy) is 2. The van der Waals surface area contributed by atoms with Gasteiger partial charge in [0.05, 0.1) is 18.8 Å². The number of hydrogen-bond donors (Lipinski definition) is 1. The van der Waals surface area contributed by atoms with Crippen LogP contribution in [0.15, 0.2) is 30.3 Å². The zero-order valence-corrected chi connectivity index (χ0v) is 12.0. The molecule has 1 N–H and O–H groups in total. The van der Waals surface area contributed by atoms with Crippen molar-refractivity contribution in [2.75, 3.05) is 25.6 Å². The minimum absolute atomic E-state index is 0.266. The van der Waals surface area contributed by atoms with E-state index in [4.69, 9.17) is 9.47 Å². The third kappa shape index (κ3) is 5.95. The summed E-state index contributed by atoms with van der Waals surface area (Å²) in [5.74, 6) is 1.66. The van der Waals surface area contributed by atoms with Gasteiger partial charge in [0.25, 0.3) is 0 Å². The van der Waals surface area contributed by atoms with E-state index in [0.717, 1.165) is 37.6 Å². The molecule has 0 spiro atoms. The highest BCUT2D eigenvalue weighted by Gasteiger charge is 2.15. The number of thioether (sulfide) groups is 1. The topological polar surface area (TPSA) is 38.7 Å². The highest BCUT2D eigenvalue weighted by molar-refractivity contribution is 7.98. The molecule has 1 saturated heterocycles. The van der Waals surface area contributed by atoms with Crippen molar-refractivity contribution in [2.45, 2.75) is 30.8 Å². The molecule has 0 bridgehead atoms. The average molecular weight is 282 g/mol. The fraction of sp³-hybridized carbons (Fsp3) is 0.600. The van der Waals surface area contributed by atoms with Crippen LogP contribution in [0.5, 0.6) is 0 Å². The van der Waals surface area contributed by atoms with Gasteiger partial charge in [0, 0.05) is 24.7 Å². The Hall–Kier alpha value is -0.550. The van der Waals surface area contributed by atoms with Crippen LogP contribution in [0, 0.1) is 0 Å². The third-order valence-electron chi connectivity index (χ3n) is 3.11. The van der Waals surface area contributed by atoms with Gasteiger partial charge in [-0.05, 0) is 18.4 Å². The molecular weight excluding hydrogens is 260 g/mol. The number of aliphatic hydroxyl groups is 1. The van der Waals surface area contributed by atoms with Crippen LogP contribution >= 0.6 is 11.8 Å². The van der Waals surface area contributed by atoms with Gasteiger partial charge < -0.3 is 14.6 Å². The molecule has 2 rings (SSSR count). The molecule has 4 heteroatoms. The minimum Gasteiger partial charge on any atom is -0.390 e. The predicted molar refractivity (Wildman–Crippen MR) is 78.4 cm³/mol. The normalized spacial score (nSPS) is 18.4. The van der Waals surface area contributed by atoms with Crippen LogP contribution in [0.4, 0.5) is 0 Å². The molecule has 1 aliphatic heterocycles. The lowest BCUT2D eigenvalue weighted by molar-refractivity contribution is -0.0549. The van der Waals surface area contributed by atoms with E-state index in [2.05, 4.69) is 12.1 Å². The molecular formula is C15H22O3S. The maximum Gasteiger partial charge on any atom is 0.0864 e. The van der Waals surface area contributed by atoms with E-state index in [1.807, 2.05) is 18.2 Å². The molecule has 19 heavy (non-hydrogen) atoms. The lowest BCUT2D eigenvalue weighted by Gasteiger charge is -2.23. The second kappa shape index (κ2) is 8.59. The molecule has 1 atom stereocenters. The third-order valence-corrected chi connectivity index (χ3v) is 4.27. The maximum absolute atomic E-state index is 9.88. The van der Waals surface area contributed by atoms with Crippen LogP contribution < -0.4 is 0 Å². The molecule has 1 unspecified atom stereocenters. The Bertz CT molecular complexity index is 339. The fourth-order valence-electron chi connectivity index (χ4n) is 2.02. The highest BCUT2D eigenvalue weighted by Crippen LogP contribution is 2.15. The van der Waals surface area contributed by atoms with Crippen LogP contribution in [0.1, 0.15) is 18.4 Å². The highest BCUT2D eigenvalue weighted by atomic mass is 32.2. The lowest BCUT2D eigenvalue weighted by atomic mass is 10.1. The number of rotatable bonds is 7. The largest absolute Gasteiger partial charge is 0.390 e. The molecule has 0 radical (unpaired) electrons. The number of hydrogen-bond acceptors (Lipinski definition) is 4. The minimum atomic E-state index is -0.378. The van der Waals surface area contributed by atoms with Crippen molar-refractivity contribution in [3.63, 3.8) is 0 Å². The summed E-state index contributed by atoms with van der Waals surface area (Å²) in [4.78, 5) is 0. The van der Waals surface area contributed by atoms with Gasteiger partial charge >= 0.3 is 0 Å². The summed E-state index contributed by atoms with van der Waals surface area (Å²) in [5, 5.41) is 9.88. The van der Waals surface area contributed by atoms with Crippen LogP contribution in [0.2, 0.25) is 0 Å². The molecule has 3 nitrogen and oxygen atoms in total. The van der Waals surface area contributed by atoms with E-state index in [0.29, 0.717) is 6.61 Å². The van der Waals surface area contributed by atoms with Crippen molar-refractivity contribution >= 4 is 11.8 Å². The van der Waals surface area contributed by atoms with E-state index in [1.54, 1.807) is 11.8 Å². The van der Waals surface area contributed by atoms with Gasteiger partial charge in [-0.1, -0.05) is 30.3 Å². The van der Waals surface area contributed by atoms with E-state index >= 15 is 0 Å². The van der Waals surface area contributed by atoms with Gasteiger partial charge in [-0.15, -0.1) is 0 Å². The van der Waals surface area contributed by atoms with Crippen LogP contribution in [-0.4, -0.2) is 42.9 Å². The Morgan fingerprint density at radius 2 is 2.00 bits per heavy atom. The molecule has 1 aliphatic rings. The Balaban J connectivity index is 1.55. The quantitative estimate of drug-likeness (QED) is 0.834. The van der Waals surface area contributed by atoms with Gasteiger partial charge in [-0.25, -0.2) is 0 Å². The van der Waals surface area contributed by atoms with E-state index in [-0.39, 0.29) is 12.2 Å². The summed E-state index contributed by atoms with van der Waals surface area (Å²) in [6.07, 6.45) is 1.78. The monoisotopic (exact) mass is 282 g/mol. The molecule has 0 amide bonds. The molecule has 1 aromatic carbocycles.